The molecule has 7 nitrogen and oxygen atoms in total. The van der Waals surface area contributed by atoms with Gasteiger partial charge in [0.15, 0.2) is 0 Å². The van der Waals surface area contributed by atoms with Crippen LogP contribution in [0.2, 0.25) is 0 Å². The summed E-state index contributed by atoms with van der Waals surface area (Å²) in [7, 11) is 0. The van der Waals surface area contributed by atoms with Crippen LogP contribution in [-0.2, 0) is 9.53 Å². The van der Waals surface area contributed by atoms with Gasteiger partial charge in [-0.25, -0.2) is 4.98 Å². The zero-order valence-corrected chi connectivity index (χ0v) is 17.8. The number of amides is 1. The van der Waals surface area contributed by atoms with Crippen LogP contribution in [0, 0.1) is 5.41 Å². The standard InChI is InChI=1S/C22H35N5O2/c1-22(2)18(17-19(22)26-13-15-29-16-14-26)24-21(28)6-8-25-9-11-27(12-10-25)20-5-3-4-7-23-20/h3-5,7,18-19H,6,8-17H2,1-2H3,(H,24,28). The van der Waals surface area contributed by atoms with Crippen LogP contribution >= 0.6 is 0 Å². The van der Waals surface area contributed by atoms with E-state index in [4.69, 9.17) is 4.74 Å². The number of morpholine rings is 1. The molecule has 29 heavy (non-hydrogen) atoms. The molecule has 2 unspecified atom stereocenters. The lowest BCUT2D eigenvalue weighted by atomic mass is 9.62. The second kappa shape index (κ2) is 8.98. The van der Waals surface area contributed by atoms with Gasteiger partial charge >= 0.3 is 0 Å². The normalized spacial score (nSPS) is 28.0. The van der Waals surface area contributed by atoms with Crippen LogP contribution < -0.4 is 10.2 Å². The molecule has 2 atom stereocenters. The number of ether oxygens (including phenoxy) is 1. The van der Waals surface area contributed by atoms with Crippen LogP contribution in [-0.4, -0.2) is 91.8 Å². The van der Waals surface area contributed by atoms with Gasteiger partial charge in [-0.1, -0.05) is 19.9 Å². The average Bonchev–Trinajstić information content (AvgIpc) is 2.76. The monoisotopic (exact) mass is 401 g/mol. The van der Waals surface area contributed by atoms with E-state index < -0.39 is 0 Å². The predicted molar refractivity (Wildman–Crippen MR) is 114 cm³/mol. The quantitative estimate of drug-likeness (QED) is 0.773. The molecule has 1 saturated carbocycles. The zero-order chi connectivity index (χ0) is 20.3. The van der Waals surface area contributed by atoms with Crippen molar-refractivity contribution in [2.45, 2.75) is 38.8 Å². The van der Waals surface area contributed by atoms with Crippen molar-refractivity contribution in [3.8, 4) is 0 Å². The summed E-state index contributed by atoms with van der Waals surface area (Å²) in [5.41, 5.74) is 0.126. The largest absolute Gasteiger partial charge is 0.379 e. The third-order valence-corrected chi connectivity index (χ3v) is 7.04. The molecule has 0 spiro atoms. The van der Waals surface area contributed by atoms with Crippen LogP contribution in [0.3, 0.4) is 0 Å². The van der Waals surface area contributed by atoms with E-state index in [2.05, 4.69) is 44.9 Å². The van der Waals surface area contributed by atoms with Gasteiger partial charge in [0, 0.05) is 75.9 Å². The van der Waals surface area contributed by atoms with Gasteiger partial charge in [-0.15, -0.1) is 0 Å². The molecule has 1 N–H and O–H groups in total. The van der Waals surface area contributed by atoms with E-state index in [-0.39, 0.29) is 17.4 Å². The first-order valence-corrected chi connectivity index (χ1v) is 11.0. The highest BCUT2D eigenvalue weighted by Crippen LogP contribution is 2.44. The Balaban J connectivity index is 1.16. The predicted octanol–water partition coefficient (Wildman–Crippen LogP) is 1.21. The minimum atomic E-state index is 0.126. The van der Waals surface area contributed by atoms with Crippen LogP contribution in [0.1, 0.15) is 26.7 Å². The van der Waals surface area contributed by atoms with Crippen LogP contribution in [0.15, 0.2) is 24.4 Å². The Morgan fingerprint density at radius 3 is 2.59 bits per heavy atom. The van der Waals surface area contributed by atoms with Gasteiger partial charge in [0.2, 0.25) is 5.91 Å². The molecular weight excluding hydrogens is 366 g/mol. The number of nitrogens with one attached hydrogen (secondary N) is 1. The summed E-state index contributed by atoms with van der Waals surface area (Å²) in [5.74, 6) is 1.24. The summed E-state index contributed by atoms with van der Waals surface area (Å²) in [6, 6.07) is 6.88. The lowest BCUT2D eigenvalue weighted by Gasteiger charge is -2.57. The van der Waals surface area contributed by atoms with Crippen molar-refractivity contribution in [3.63, 3.8) is 0 Å². The fourth-order valence-corrected chi connectivity index (χ4v) is 4.92. The van der Waals surface area contributed by atoms with E-state index in [1.165, 1.54) is 0 Å². The topological polar surface area (TPSA) is 60.9 Å². The van der Waals surface area contributed by atoms with Gasteiger partial charge in [-0.3, -0.25) is 14.6 Å². The number of carbonyl (C=O) groups excluding carboxylic acids is 1. The van der Waals surface area contributed by atoms with Crippen molar-refractivity contribution < 1.29 is 9.53 Å². The van der Waals surface area contributed by atoms with E-state index in [0.717, 1.165) is 71.3 Å². The second-order valence-corrected chi connectivity index (χ2v) is 9.11. The number of aromatic nitrogens is 1. The highest BCUT2D eigenvalue weighted by molar-refractivity contribution is 5.76. The van der Waals surface area contributed by atoms with Crippen molar-refractivity contribution in [2.75, 3.05) is 63.9 Å². The highest BCUT2D eigenvalue weighted by Gasteiger charge is 2.51. The number of anilines is 1. The number of hydrogen-bond acceptors (Lipinski definition) is 6. The van der Waals surface area contributed by atoms with Gasteiger partial charge in [-0.2, -0.15) is 0 Å². The third kappa shape index (κ3) is 4.73. The molecule has 4 rings (SSSR count). The average molecular weight is 402 g/mol. The van der Waals surface area contributed by atoms with E-state index in [0.29, 0.717) is 12.5 Å². The minimum Gasteiger partial charge on any atom is -0.379 e. The molecule has 2 aliphatic heterocycles. The fraction of sp³-hybridized carbons (Fsp3) is 0.727. The molecule has 3 heterocycles. The molecule has 0 radical (unpaired) electrons. The Morgan fingerprint density at radius 2 is 1.93 bits per heavy atom. The fourth-order valence-electron chi connectivity index (χ4n) is 4.92. The summed E-state index contributed by atoms with van der Waals surface area (Å²) < 4.78 is 5.48. The molecule has 1 aromatic heterocycles. The Kier molecular flexibility index (Phi) is 6.37. The first-order valence-electron chi connectivity index (χ1n) is 11.0. The van der Waals surface area contributed by atoms with Gasteiger partial charge in [0.1, 0.15) is 5.82 Å². The molecule has 2 saturated heterocycles. The lowest BCUT2D eigenvalue weighted by molar-refractivity contribution is -0.128. The van der Waals surface area contributed by atoms with E-state index in [1.807, 2.05) is 18.3 Å². The van der Waals surface area contributed by atoms with Crippen molar-refractivity contribution in [3.05, 3.63) is 24.4 Å². The Bertz CT molecular complexity index is 669. The van der Waals surface area contributed by atoms with Gasteiger partial charge in [0.25, 0.3) is 0 Å². The molecule has 0 aromatic carbocycles. The number of carbonyl (C=O) groups is 1. The number of piperazine rings is 1. The maximum absolute atomic E-state index is 12.6. The van der Waals surface area contributed by atoms with Gasteiger partial charge < -0.3 is 15.0 Å². The Labute approximate surface area is 174 Å². The summed E-state index contributed by atoms with van der Waals surface area (Å²) in [4.78, 5) is 24.2. The smallest absolute Gasteiger partial charge is 0.221 e. The van der Waals surface area contributed by atoms with Crippen molar-refractivity contribution in [1.29, 1.82) is 0 Å². The van der Waals surface area contributed by atoms with Crippen molar-refractivity contribution in [2.24, 2.45) is 5.41 Å². The van der Waals surface area contributed by atoms with E-state index in [9.17, 15) is 4.79 Å². The molecule has 1 aromatic rings. The lowest BCUT2D eigenvalue weighted by Crippen LogP contribution is -2.67. The number of hydrogen-bond donors (Lipinski definition) is 1. The van der Waals surface area contributed by atoms with E-state index >= 15 is 0 Å². The third-order valence-electron chi connectivity index (χ3n) is 7.04. The zero-order valence-electron chi connectivity index (χ0n) is 17.8. The highest BCUT2D eigenvalue weighted by atomic mass is 16.5. The maximum atomic E-state index is 12.6. The van der Waals surface area contributed by atoms with E-state index in [1.54, 1.807) is 0 Å². The number of nitrogens with zero attached hydrogens (tertiary/aromatic N) is 4. The Hall–Kier alpha value is -1.70. The number of pyridine rings is 1. The summed E-state index contributed by atoms with van der Waals surface area (Å²) in [6.07, 6.45) is 3.48. The van der Waals surface area contributed by atoms with Gasteiger partial charge in [0.05, 0.1) is 13.2 Å². The first kappa shape index (κ1) is 20.6. The molecule has 160 valence electrons. The van der Waals surface area contributed by atoms with Crippen LogP contribution in [0.5, 0.6) is 0 Å². The first-order chi connectivity index (χ1) is 14.0. The summed E-state index contributed by atoms with van der Waals surface area (Å²) in [5, 5.41) is 3.31. The SMILES string of the molecule is CC1(C)C(NC(=O)CCN2CCN(c3ccccn3)CC2)CC1N1CCOCC1. The molecule has 3 fully saturated rings. The molecule has 0 bridgehead atoms. The molecular formula is C22H35N5O2. The summed E-state index contributed by atoms with van der Waals surface area (Å²) >= 11 is 0. The van der Waals surface area contributed by atoms with Gasteiger partial charge in [-0.05, 0) is 18.6 Å². The maximum Gasteiger partial charge on any atom is 0.221 e. The van der Waals surface area contributed by atoms with Crippen LogP contribution in [0.4, 0.5) is 5.82 Å². The number of rotatable bonds is 6. The van der Waals surface area contributed by atoms with Crippen molar-refractivity contribution >= 4 is 11.7 Å². The van der Waals surface area contributed by atoms with Crippen molar-refractivity contribution in [1.82, 2.24) is 20.1 Å². The molecule has 3 aliphatic rings. The minimum absolute atomic E-state index is 0.126. The Morgan fingerprint density at radius 1 is 1.17 bits per heavy atom. The summed E-state index contributed by atoms with van der Waals surface area (Å²) in [6.45, 7) is 13.0. The molecule has 1 amide bonds. The molecule has 1 aliphatic carbocycles. The molecule has 7 heteroatoms. The van der Waals surface area contributed by atoms with Crippen LogP contribution in [0.25, 0.3) is 0 Å². The second-order valence-electron chi connectivity index (χ2n) is 9.11.